The number of carbonyl (C=O) groups is 1. The second kappa shape index (κ2) is 8.28. The van der Waals surface area contributed by atoms with Gasteiger partial charge in [-0.15, -0.1) is 0 Å². The predicted octanol–water partition coefficient (Wildman–Crippen LogP) is 3.24. The van der Waals surface area contributed by atoms with E-state index in [9.17, 15) is 9.18 Å². The highest BCUT2D eigenvalue weighted by atomic mass is 19.1. The van der Waals surface area contributed by atoms with Crippen LogP contribution in [0.3, 0.4) is 0 Å². The molecule has 2 N–H and O–H groups in total. The summed E-state index contributed by atoms with van der Waals surface area (Å²) in [4.78, 5) is 14.9. The molecular weight excluding hydrogens is 363 g/mol. The number of carbonyl (C=O) groups excluding carboxylic acids is 1. The molecule has 1 saturated carbocycles. The van der Waals surface area contributed by atoms with Gasteiger partial charge in [0.25, 0.3) is 0 Å². The molecule has 1 aromatic heterocycles. The Kier molecular flexibility index (Phi) is 5.59. The first-order valence-electron chi connectivity index (χ1n) is 9.70. The van der Waals surface area contributed by atoms with E-state index in [0.717, 1.165) is 38.8 Å². The van der Waals surface area contributed by atoms with Crippen LogP contribution in [-0.4, -0.2) is 54.5 Å². The lowest BCUT2D eigenvalue weighted by atomic mass is 10.1. The summed E-state index contributed by atoms with van der Waals surface area (Å²) in [7, 11) is 1.75. The molecule has 2 fully saturated rings. The number of nitrogens with one attached hydrogen (secondary N) is 2. The van der Waals surface area contributed by atoms with E-state index in [2.05, 4.69) is 20.7 Å². The van der Waals surface area contributed by atoms with Crippen LogP contribution >= 0.6 is 0 Å². The number of amides is 2. The molecule has 1 aliphatic heterocycles. The minimum atomic E-state index is -0.400. The summed E-state index contributed by atoms with van der Waals surface area (Å²) in [6.07, 6.45) is 4.42. The molecule has 2 heterocycles. The SMILES string of the molecule is COC1CCN([C@@H]2CCC[C@@H]2NC(=O)Nc2cc(-c3ccccc3F)on2)C1. The fourth-order valence-electron chi connectivity index (χ4n) is 4.24. The zero-order valence-corrected chi connectivity index (χ0v) is 15.9. The highest BCUT2D eigenvalue weighted by molar-refractivity contribution is 5.89. The van der Waals surface area contributed by atoms with Crippen LogP contribution in [0.15, 0.2) is 34.9 Å². The lowest BCUT2D eigenvalue weighted by Gasteiger charge is -2.29. The van der Waals surface area contributed by atoms with Crippen molar-refractivity contribution in [2.75, 3.05) is 25.5 Å². The van der Waals surface area contributed by atoms with Gasteiger partial charge in [0.15, 0.2) is 11.6 Å². The summed E-state index contributed by atoms with van der Waals surface area (Å²) in [5, 5.41) is 9.57. The summed E-state index contributed by atoms with van der Waals surface area (Å²) in [6, 6.07) is 7.89. The molecule has 0 radical (unpaired) electrons. The van der Waals surface area contributed by atoms with Gasteiger partial charge in [-0.3, -0.25) is 10.2 Å². The lowest BCUT2D eigenvalue weighted by molar-refractivity contribution is 0.0985. The number of hydrogen-bond acceptors (Lipinski definition) is 5. The van der Waals surface area contributed by atoms with Crippen molar-refractivity contribution in [1.82, 2.24) is 15.4 Å². The number of halogens is 1. The Hall–Kier alpha value is -2.45. The van der Waals surface area contributed by atoms with Crippen molar-refractivity contribution in [2.45, 2.75) is 43.9 Å². The maximum atomic E-state index is 13.9. The molecule has 150 valence electrons. The third kappa shape index (κ3) is 4.02. The maximum absolute atomic E-state index is 13.9. The van der Waals surface area contributed by atoms with Crippen molar-refractivity contribution in [3.05, 3.63) is 36.1 Å². The molecule has 1 saturated heterocycles. The molecule has 4 rings (SSSR count). The molecule has 0 spiro atoms. The van der Waals surface area contributed by atoms with Gasteiger partial charge >= 0.3 is 6.03 Å². The van der Waals surface area contributed by atoms with E-state index < -0.39 is 5.82 Å². The van der Waals surface area contributed by atoms with E-state index in [4.69, 9.17) is 9.26 Å². The number of hydrogen-bond donors (Lipinski definition) is 2. The predicted molar refractivity (Wildman–Crippen MR) is 102 cm³/mol. The van der Waals surface area contributed by atoms with Gasteiger partial charge in [0.05, 0.1) is 11.7 Å². The number of nitrogens with zero attached hydrogens (tertiary/aromatic N) is 2. The minimum Gasteiger partial charge on any atom is -0.380 e. The number of likely N-dealkylation sites (tertiary alicyclic amines) is 1. The van der Waals surface area contributed by atoms with Crippen LogP contribution in [-0.2, 0) is 4.74 Å². The van der Waals surface area contributed by atoms with Crippen LogP contribution in [0.25, 0.3) is 11.3 Å². The van der Waals surface area contributed by atoms with Gasteiger partial charge in [0.1, 0.15) is 5.82 Å². The number of aromatic nitrogens is 1. The van der Waals surface area contributed by atoms with Crippen LogP contribution in [0, 0.1) is 5.82 Å². The molecule has 2 aromatic rings. The number of methoxy groups -OCH3 is 1. The maximum Gasteiger partial charge on any atom is 0.320 e. The van der Waals surface area contributed by atoms with E-state index >= 15 is 0 Å². The van der Waals surface area contributed by atoms with Gasteiger partial charge in [-0.25, -0.2) is 9.18 Å². The minimum absolute atomic E-state index is 0.0912. The van der Waals surface area contributed by atoms with Crippen molar-refractivity contribution < 1.29 is 18.4 Å². The van der Waals surface area contributed by atoms with E-state index in [1.165, 1.54) is 12.1 Å². The molecule has 1 aliphatic carbocycles. The second-order valence-electron chi connectivity index (χ2n) is 7.40. The molecular formula is C20H25FN4O3. The number of urea groups is 1. The van der Waals surface area contributed by atoms with Crippen molar-refractivity contribution in [3.63, 3.8) is 0 Å². The molecule has 3 atom stereocenters. The summed E-state index contributed by atoms with van der Waals surface area (Å²) in [5.41, 5.74) is 0.307. The van der Waals surface area contributed by atoms with Gasteiger partial charge in [-0.05, 0) is 37.8 Å². The Labute approximate surface area is 163 Å². The van der Waals surface area contributed by atoms with Crippen molar-refractivity contribution in [1.29, 1.82) is 0 Å². The molecule has 2 amide bonds. The Balaban J connectivity index is 1.35. The summed E-state index contributed by atoms with van der Waals surface area (Å²) >= 11 is 0. The number of anilines is 1. The van der Waals surface area contributed by atoms with E-state index in [1.807, 2.05) is 0 Å². The fraction of sp³-hybridized carbons (Fsp3) is 0.500. The Morgan fingerprint density at radius 1 is 1.32 bits per heavy atom. The van der Waals surface area contributed by atoms with Crippen molar-refractivity contribution in [3.8, 4) is 11.3 Å². The van der Waals surface area contributed by atoms with E-state index in [-0.39, 0.29) is 29.8 Å². The molecule has 8 heteroatoms. The Morgan fingerprint density at radius 2 is 2.18 bits per heavy atom. The van der Waals surface area contributed by atoms with Crippen LogP contribution < -0.4 is 10.6 Å². The number of benzene rings is 1. The van der Waals surface area contributed by atoms with Gasteiger partial charge < -0.3 is 14.6 Å². The monoisotopic (exact) mass is 388 g/mol. The first-order chi connectivity index (χ1) is 13.6. The standard InChI is InChI=1S/C20H25FN4O3/c1-27-13-9-10-25(12-13)17-8-4-7-16(17)22-20(26)23-19-11-18(28-24-19)14-5-2-3-6-15(14)21/h2-3,5-6,11,13,16-17H,4,7-10,12H2,1H3,(H2,22,23,24,26)/t13?,16-,17+/m0/s1. The Bertz CT molecular complexity index is 827. The number of ether oxygens (including phenoxy) is 1. The van der Waals surface area contributed by atoms with Crippen LogP contribution in [0.4, 0.5) is 15.0 Å². The average molecular weight is 388 g/mol. The van der Waals surface area contributed by atoms with Gasteiger partial charge in [-0.1, -0.05) is 17.3 Å². The first kappa shape index (κ1) is 18.9. The topological polar surface area (TPSA) is 79.6 Å². The second-order valence-corrected chi connectivity index (χ2v) is 7.40. The van der Waals surface area contributed by atoms with Crippen LogP contribution in [0.5, 0.6) is 0 Å². The highest BCUT2D eigenvalue weighted by Gasteiger charge is 2.36. The van der Waals surface area contributed by atoms with Gasteiger partial charge in [0.2, 0.25) is 0 Å². The summed E-state index contributed by atoms with van der Waals surface area (Å²) in [5.74, 6) is 0.129. The van der Waals surface area contributed by atoms with Crippen LogP contribution in [0.1, 0.15) is 25.7 Å². The van der Waals surface area contributed by atoms with E-state index in [0.29, 0.717) is 11.6 Å². The molecule has 0 bridgehead atoms. The summed E-state index contributed by atoms with van der Waals surface area (Å²) < 4.78 is 24.5. The molecule has 1 aromatic carbocycles. The normalized spacial score (nSPS) is 25.1. The molecule has 1 unspecified atom stereocenters. The number of rotatable bonds is 5. The zero-order valence-electron chi connectivity index (χ0n) is 15.9. The van der Waals surface area contributed by atoms with Gasteiger partial charge in [0, 0.05) is 38.3 Å². The quantitative estimate of drug-likeness (QED) is 0.822. The Morgan fingerprint density at radius 3 is 2.96 bits per heavy atom. The highest BCUT2D eigenvalue weighted by Crippen LogP contribution is 2.28. The molecule has 7 nitrogen and oxygen atoms in total. The fourth-order valence-corrected chi connectivity index (χ4v) is 4.24. The zero-order chi connectivity index (χ0) is 19.5. The third-order valence-electron chi connectivity index (χ3n) is 5.67. The van der Waals surface area contributed by atoms with Gasteiger partial charge in [-0.2, -0.15) is 0 Å². The lowest BCUT2D eigenvalue weighted by Crippen LogP contribution is -2.49. The average Bonchev–Trinajstić information content (AvgIpc) is 3.42. The van der Waals surface area contributed by atoms with Crippen LogP contribution in [0.2, 0.25) is 0 Å². The van der Waals surface area contributed by atoms with Crippen molar-refractivity contribution in [2.24, 2.45) is 0 Å². The molecule has 28 heavy (non-hydrogen) atoms. The third-order valence-corrected chi connectivity index (χ3v) is 5.67. The summed E-state index contributed by atoms with van der Waals surface area (Å²) in [6.45, 7) is 1.91. The van der Waals surface area contributed by atoms with E-state index in [1.54, 1.807) is 25.3 Å². The largest absolute Gasteiger partial charge is 0.380 e. The van der Waals surface area contributed by atoms with Crippen molar-refractivity contribution >= 4 is 11.8 Å². The smallest absolute Gasteiger partial charge is 0.320 e. The first-order valence-corrected chi connectivity index (χ1v) is 9.70. The molecule has 2 aliphatic rings.